The summed E-state index contributed by atoms with van der Waals surface area (Å²) in [4.78, 5) is 22.4. The summed E-state index contributed by atoms with van der Waals surface area (Å²) < 4.78 is 14.1. The maximum Gasteiger partial charge on any atom is 0.374 e. The highest BCUT2D eigenvalue weighted by Crippen LogP contribution is 2.11. The molecular weight excluding hydrogens is 226 g/mol. The van der Waals surface area contributed by atoms with E-state index >= 15 is 0 Å². The normalized spacial score (nSPS) is 11.9. The van der Waals surface area contributed by atoms with E-state index in [2.05, 4.69) is 14.8 Å². The Balaban J connectivity index is 2.61. The van der Waals surface area contributed by atoms with E-state index in [9.17, 15) is 9.59 Å². The van der Waals surface area contributed by atoms with E-state index < -0.39 is 12.0 Å². The van der Waals surface area contributed by atoms with Crippen molar-refractivity contribution < 1.29 is 23.5 Å². The molecule has 0 spiro atoms. The van der Waals surface area contributed by atoms with Gasteiger partial charge in [0, 0.05) is 12.1 Å². The van der Waals surface area contributed by atoms with Crippen molar-refractivity contribution in [2.45, 2.75) is 19.5 Å². The molecule has 0 amide bonds. The van der Waals surface area contributed by atoms with E-state index in [0.717, 1.165) is 0 Å². The molecule has 1 aromatic rings. The second-order valence-corrected chi connectivity index (χ2v) is 3.39. The Labute approximate surface area is 98.9 Å². The molecule has 0 saturated heterocycles. The third-order valence-electron chi connectivity index (χ3n) is 2.27. The largest absolute Gasteiger partial charge is 0.468 e. The molecule has 0 saturated carbocycles. The molecule has 1 atom stereocenters. The molecule has 0 unspecified atom stereocenters. The Hall–Kier alpha value is -1.82. The lowest BCUT2D eigenvalue weighted by atomic mass is 10.2. The van der Waals surface area contributed by atoms with Gasteiger partial charge in [-0.15, -0.1) is 0 Å². The van der Waals surface area contributed by atoms with E-state index in [1.807, 2.05) is 0 Å². The first kappa shape index (κ1) is 13.2. The van der Waals surface area contributed by atoms with Crippen LogP contribution in [0.5, 0.6) is 0 Å². The molecule has 1 N–H and O–H groups in total. The lowest BCUT2D eigenvalue weighted by molar-refractivity contribution is -0.142. The molecule has 94 valence electrons. The molecule has 0 aliphatic heterocycles. The summed E-state index contributed by atoms with van der Waals surface area (Å²) in [5, 5.41) is 2.91. The SMILES string of the molecule is COC(=O)c1occc1CN[C@@H](C)C(=O)OC. The smallest absolute Gasteiger partial charge is 0.374 e. The molecule has 0 aliphatic carbocycles. The van der Waals surface area contributed by atoms with Crippen LogP contribution in [0.15, 0.2) is 16.7 Å². The maximum absolute atomic E-state index is 11.3. The molecular formula is C11H15NO5. The second kappa shape index (κ2) is 6.05. The Morgan fingerprint density at radius 3 is 2.71 bits per heavy atom. The third-order valence-corrected chi connectivity index (χ3v) is 2.27. The van der Waals surface area contributed by atoms with Crippen molar-refractivity contribution in [1.29, 1.82) is 0 Å². The van der Waals surface area contributed by atoms with Crippen molar-refractivity contribution in [3.63, 3.8) is 0 Å². The Kier molecular flexibility index (Phi) is 4.71. The molecule has 6 nitrogen and oxygen atoms in total. The quantitative estimate of drug-likeness (QED) is 0.765. The van der Waals surface area contributed by atoms with Gasteiger partial charge in [0.15, 0.2) is 0 Å². The summed E-state index contributed by atoms with van der Waals surface area (Å²) in [5.41, 5.74) is 0.632. The zero-order valence-electron chi connectivity index (χ0n) is 9.98. The van der Waals surface area contributed by atoms with Crippen molar-refractivity contribution in [1.82, 2.24) is 5.32 Å². The van der Waals surface area contributed by atoms with Crippen LogP contribution in [0.4, 0.5) is 0 Å². The number of hydrogen-bond acceptors (Lipinski definition) is 6. The molecule has 0 bridgehead atoms. The predicted molar refractivity (Wildman–Crippen MR) is 58.4 cm³/mol. The van der Waals surface area contributed by atoms with Gasteiger partial charge >= 0.3 is 11.9 Å². The second-order valence-electron chi connectivity index (χ2n) is 3.39. The van der Waals surface area contributed by atoms with Crippen LogP contribution in [0.25, 0.3) is 0 Å². The van der Waals surface area contributed by atoms with Crippen molar-refractivity contribution in [3.8, 4) is 0 Å². The molecule has 0 fully saturated rings. The average Bonchev–Trinajstić information content (AvgIpc) is 2.82. The van der Waals surface area contributed by atoms with Crippen LogP contribution in [-0.2, 0) is 20.8 Å². The molecule has 0 aliphatic rings. The van der Waals surface area contributed by atoms with Crippen LogP contribution in [0, 0.1) is 0 Å². The Morgan fingerprint density at radius 1 is 1.41 bits per heavy atom. The van der Waals surface area contributed by atoms with Crippen LogP contribution in [0.2, 0.25) is 0 Å². The monoisotopic (exact) mass is 241 g/mol. The molecule has 6 heteroatoms. The van der Waals surface area contributed by atoms with Gasteiger partial charge in [0.2, 0.25) is 5.76 Å². The van der Waals surface area contributed by atoms with Crippen molar-refractivity contribution in [2.24, 2.45) is 0 Å². The topological polar surface area (TPSA) is 77.8 Å². The highest BCUT2D eigenvalue weighted by molar-refractivity contribution is 5.87. The number of hydrogen-bond donors (Lipinski definition) is 1. The van der Waals surface area contributed by atoms with Gasteiger partial charge in [-0.25, -0.2) is 4.79 Å². The summed E-state index contributed by atoms with van der Waals surface area (Å²) in [6, 6.07) is 1.18. The zero-order chi connectivity index (χ0) is 12.8. The van der Waals surface area contributed by atoms with Gasteiger partial charge in [-0.3, -0.25) is 4.79 Å². The standard InChI is InChI=1S/C11H15NO5/c1-7(10(13)15-2)12-6-8-4-5-17-9(8)11(14)16-3/h4-5,7,12H,6H2,1-3H3/t7-/m0/s1. The molecule has 17 heavy (non-hydrogen) atoms. The summed E-state index contributed by atoms with van der Waals surface area (Å²) in [6.45, 7) is 1.99. The minimum Gasteiger partial charge on any atom is -0.468 e. The van der Waals surface area contributed by atoms with Gasteiger partial charge in [0.05, 0.1) is 20.5 Å². The number of rotatable bonds is 5. The van der Waals surface area contributed by atoms with Gasteiger partial charge in [0.25, 0.3) is 0 Å². The fourth-order valence-electron chi connectivity index (χ4n) is 1.27. The first-order valence-corrected chi connectivity index (χ1v) is 5.06. The minimum atomic E-state index is -0.544. The van der Waals surface area contributed by atoms with Crippen molar-refractivity contribution in [3.05, 3.63) is 23.7 Å². The van der Waals surface area contributed by atoms with E-state index in [-0.39, 0.29) is 11.7 Å². The summed E-state index contributed by atoms with van der Waals surface area (Å²) >= 11 is 0. The summed E-state index contributed by atoms with van der Waals surface area (Å²) in [7, 11) is 2.59. The molecule has 1 rings (SSSR count). The summed E-state index contributed by atoms with van der Waals surface area (Å²) in [5.74, 6) is -0.775. The van der Waals surface area contributed by atoms with Gasteiger partial charge in [-0.2, -0.15) is 0 Å². The van der Waals surface area contributed by atoms with Crippen LogP contribution in [0.1, 0.15) is 23.0 Å². The van der Waals surface area contributed by atoms with Crippen molar-refractivity contribution >= 4 is 11.9 Å². The highest BCUT2D eigenvalue weighted by atomic mass is 16.5. The van der Waals surface area contributed by atoms with E-state index in [0.29, 0.717) is 12.1 Å². The molecule has 0 aromatic carbocycles. The number of methoxy groups -OCH3 is 2. The fraction of sp³-hybridized carbons (Fsp3) is 0.455. The van der Waals surface area contributed by atoms with Gasteiger partial charge in [0.1, 0.15) is 6.04 Å². The van der Waals surface area contributed by atoms with Crippen molar-refractivity contribution in [2.75, 3.05) is 14.2 Å². The van der Waals surface area contributed by atoms with Crippen LogP contribution < -0.4 is 5.32 Å². The number of carbonyl (C=O) groups excluding carboxylic acids is 2. The van der Waals surface area contributed by atoms with E-state index in [1.54, 1.807) is 13.0 Å². The van der Waals surface area contributed by atoms with Gasteiger partial charge in [-0.1, -0.05) is 0 Å². The first-order chi connectivity index (χ1) is 8.10. The lowest BCUT2D eigenvalue weighted by Crippen LogP contribution is -2.34. The summed E-state index contributed by atoms with van der Waals surface area (Å²) in [6.07, 6.45) is 1.39. The molecule has 0 radical (unpaired) electrons. The highest BCUT2D eigenvalue weighted by Gasteiger charge is 2.18. The van der Waals surface area contributed by atoms with Gasteiger partial charge < -0.3 is 19.2 Å². The van der Waals surface area contributed by atoms with Crippen LogP contribution in [0.3, 0.4) is 0 Å². The van der Waals surface area contributed by atoms with Crippen LogP contribution in [-0.4, -0.2) is 32.2 Å². The van der Waals surface area contributed by atoms with E-state index in [1.165, 1.54) is 20.5 Å². The number of ether oxygens (including phenoxy) is 2. The van der Waals surface area contributed by atoms with Crippen LogP contribution >= 0.6 is 0 Å². The average molecular weight is 241 g/mol. The Bertz CT molecular complexity index is 398. The maximum atomic E-state index is 11.3. The minimum absolute atomic E-state index is 0.136. The van der Waals surface area contributed by atoms with E-state index in [4.69, 9.17) is 4.42 Å². The number of esters is 2. The first-order valence-electron chi connectivity index (χ1n) is 5.06. The fourth-order valence-corrected chi connectivity index (χ4v) is 1.27. The zero-order valence-corrected chi connectivity index (χ0v) is 9.98. The Morgan fingerprint density at radius 2 is 2.12 bits per heavy atom. The molecule has 1 heterocycles. The number of carbonyl (C=O) groups is 2. The molecule has 1 aromatic heterocycles. The third kappa shape index (κ3) is 3.32. The van der Waals surface area contributed by atoms with Gasteiger partial charge in [-0.05, 0) is 13.0 Å². The lowest BCUT2D eigenvalue weighted by Gasteiger charge is -2.10. The predicted octanol–water partition coefficient (Wildman–Crippen LogP) is 0.717. The number of nitrogens with one attached hydrogen (secondary N) is 1. The number of furan rings is 1.